The van der Waals surface area contributed by atoms with Crippen LogP contribution in [-0.2, 0) is 14.8 Å². The van der Waals surface area contributed by atoms with E-state index in [1.807, 2.05) is 48.7 Å². The highest BCUT2D eigenvalue weighted by atomic mass is 32.2. The summed E-state index contributed by atoms with van der Waals surface area (Å²) in [6.45, 7) is 3.89. The molecule has 7 nitrogen and oxygen atoms in total. The smallest absolute Gasteiger partial charge is 0.266 e. The Labute approximate surface area is 252 Å². The molecule has 2 aliphatic heterocycles. The van der Waals surface area contributed by atoms with Gasteiger partial charge in [0.25, 0.3) is 5.91 Å². The Bertz CT molecular complexity index is 1530. The number of benzene rings is 2. The van der Waals surface area contributed by atoms with Crippen molar-refractivity contribution >= 4 is 50.3 Å². The van der Waals surface area contributed by atoms with Crippen LogP contribution >= 0.6 is 24.0 Å². The minimum absolute atomic E-state index is 0.0877. The lowest BCUT2D eigenvalue weighted by molar-refractivity contribution is -0.122. The van der Waals surface area contributed by atoms with E-state index in [2.05, 4.69) is 6.92 Å². The van der Waals surface area contributed by atoms with Gasteiger partial charge in [-0.15, -0.1) is 0 Å². The molecular formula is C31H36N4O3S3. The van der Waals surface area contributed by atoms with E-state index in [0.717, 1.165) is 49.8 Å². The third kappa shape index (κ3) is 6.83. The van der Waals surface area contributed by atoms with Crippen LogP contribution in [0.5, 0.6) is 0 Å². The topological polar surface area (TPSA) is 75.5 Å². The molecule has 3 heterocycles. The summed E-state index contributed by atoms with van der Waals surface area (Å²) in [5.41, 5.74) is 2.87. The minimum Gasteiger partial charge on any atom is -0.293 e. The molecule has 0 N–H and O–H groups in total. The molecule has 0 atom stereocenters. The molecule has 0 spiro atoms. The summed E-state index contributed by atoms with van der Waals surface area (Å²) < 4.78 is 30.8. The van der Waals surface area contributed by atoms with E-state index in [4.69, 9.17) is 17.3 Å². The van der Waals surface area contributed by atoms with Crippen LogP contribution in [-0.4, -0.2) is 57.3 Å². The van der Waals surface area contributed by atoms with Gasteiger partial charge in [0.15, 0.2) is 0 Å². The van der Waals surface area contributed by atoms with E-state index in [0.29, 0.717) is 40.1 Å². The highest BCUT2D eigenvalue weighted by molar-refractivity contribution is 8.26. The van der Waals surface area contributed by atoms with Gasteiger partial charge in [-0.05, 0) is 49.6 Å². The standard InChI is InChI=1S/C31H36N4O3S3/c1-2-3-4-5-12-20-34-30(36)28(40-31(34)39)22-25-23-35(26-15-8-6-9-16-26)32-29(25)24-14-13-17-27(21-24)41(37,38)33-18-10-7-11-19-33/h6,8-9,13-17,21-23H,2-5,7,10-12,18-20H2,1H3. The van der Waals surface area contributed by atoms with Crippen LogP contribution < -0.4 is 0 Å². The van der Waals surface area contributed by atoms with Gasteiger partial charge < -0.3 is 0 Å². The second-order valence-corrected chi connectivity index (χ2v) is 14.1. The average molecular weight is 609 g/mol. The van der Waals surface area contributed by atoms with Gasteiger partial charge in [-0.2, -0.15) is 9.40 Å². The number of piperidine rings is 1. The summed E-state index contributed by atoms with van der Waals surface area (Å²) in [5, 5.41) is 4.87. The number of carbonyl (C=O) groups is 1. The zero-order valence-corrected chi connectivity index (χ0v) is 25.8. The highest BCUT2D eigenvalue weighted by Crippen LogP contribution is 2.36. The number of rotatable bonds is 11. The second-order valence-electron chi connectivity index (χ2n) is 10.5. The zero-order valence-electron chi connectivity index (χ0n) is 23.4. The monoisotopic (exact) mass is 608 g/mol. The molecule has 1 aromatic heterocycles. The molecule has 0 aliphatic carbocycles. The molecule has 2 aliphatic rings. The van der Waals surface area contributed by atoms with Crippen molar-refractivity contribution in [3.05, 3.63) is 71.3 Å². The van der Waals surface area contributed by atoms with Gasteiger partial charge in [0.1, 0.15) is 10.0 Å². The van der Waals surface area contributed by atoms with Crippen LogP contribution in [0.4, 0.5) is 0 Å². The summed E-state index contributed by atoms with van der Waals surface area (Å²) in [6, 6.07) is 16.7. The predicted molar refractivity (Wildman–Crippen MR) is 170 cm³/mol. The molecule has 0 radical (unpaired) electrons. The Morgan fingerprint density at radius 1 is 0.976 bits per heavy atom. The largest absolute Gasteiger partial charge is 0.293 e. The van der Waals surface area contributed by atoms with Crippen LogP contribution in [0, 0.1) is 0 Å². The number of carbonyl (C=O) groups excluding carboxylic acids is 1. The van der Waals surface area contributed by atoms with E-state index in [9.17, 15) is 13.2 Å². The Hall–Kier alpha value is -2.79. The van der Waals surface area contributed by atoms with E-state index in [1.165, 1.54) is 24.6 Å². The maximum Gasteiger partial charge on any atom is 0.266 e. The van der Waals surface area contributed by atoms with Crippen LogP contribution in [0.15, 0.2) is 70.6 Å². The van der Waals surface area contributed by atoms with Gasteiger partial charge >= 0.3 is 0 Å². The third-order valence-electron chi connectivity index (χ3n) is 7.47. The molecular weight excluding hydrogens is 573 g/mol. The number of para-hydroxylation sites is 1. The number of thioether (sulfide) groups is 1. The molecule has 2 aromatic carbocycles. The van der Waals surface area contributed by atoms with Crippen molar-refractivity contribution in [2.45, 2.75) is 63.2 Å². The molecule has 1 amide bonds. The number of unbranched alkanes of at least 4 members (excludes halogenated alkanes) is 4. The van der Waals surface area contributed by atoms with Crippen molar-refractivity contribution < 1.29 is 13.2 Å². The average Bonchev–Trinajstić information content (AvgIpc) is 3.54. The van der Waals surface area contributed by atoms with Gasteiger partial charge in [-0.25, -0.2) is 13.1 Å². The summed E-state index contributed by atoms with van der Waals surface area (Å²) in [7, 11) is -3.61. The normalized spacial score (nSPS) is 17.6. The molecule has 10 heteroatoms. The molecule has 0 saturated carbocycles. The van der Waals surface area contributed by atoms with Crippen LogP contribution in [0.1, 0.15) is 63.9 Å². The molecule has 5 rings (SSSR count). The van der Waals surface area contributed by atoms with Crippen LogP contribution in [0.2, 0.25) is 0 Å². The van der Waals surface area contributed by atoms with Crippen LogP contribution in [0.3, 0.4) is 0 Å². The number of hydrogen-bond donors (Lipinski definition) is 0. The summed E-state index contributed by atoms with van der Waals surface area (Å²) in [5.74, 6) is -0.0877. The first-order valence-corrected chi connectivity index (χ1v) is 17.1. The number of amides is 1. The lowest BCUT2D eigenvalue weighted by atomic mass is 10.1. The van der Waals surface area contributed by atoms with Crippen LogP contribution in [0.25, 0.3) is 23.0 Å². The van der Waals surface area contributed by atoms with Crippen molar-refractivity contribution in [2.24, 2.45) is 0 Å². The fraction of sp³-hybridized carbons (Fsp3) is 0.387. The number of sulfonamides is 1. The number of hydrogen-bond acceptors (Lipinski definition) is 6. The van der Waals surface area contributed by atoms with Crippen molar-refractivity contribution in [3.63, 3.8) is 0 Å². The summed E-state index contributed by atoms with van der Waals surface area (Å²) in [6.07, 6.45) is 12.1. The Morgan fingerprint density at radius 3 is 2.49 bits per heavy atom. The predicted octanol–water partition coefficient (Wildman–Crippen LogP) is 6.89. The van der Waals surface area contributed by atoms with Gasteiger partial charge in [0, 0.05) is 37.0 Å². The summed E-state index contributed by atoms with van der Waals surface area (Å²) >= 11 is 6.88. The first kappa shape index (κ1) is 29.7. The molecule has 0 bridgehead atoms. The lowest BCUT2D eigenvalue weighted by Crippen LogP contribution is -2.35. The number of thiocarbonyl (C=S) groups is 1. The quantitative estimate of drug-likeness (QED) is 0.134. The highest BCUT2D eigenvalue weighted by Gasteiger charge is 2.32. The SMILES string of the molecule is CCCCCCCN1C(=O)C(=Cc2cn(-c3ccccc3)nc2-c2cccc(S(=O)(=O)N3CCCCC3)c2)SC1=S. The summed E-state index contributed by atoms with van der Waals surface area (Å²) in [4.78, 5) is 15.9. The van der Waals surface area contributed by atoms with E-state index in [-0.39, 0.29) is 10.8 Å². The van der Waals surface area contributed by atoms with Crippen molar-refractivity contribution in [1.82, 2.24) is 19.0 Å². The molecule has 3 aromatic rings. The van der Waals surface area contributed by atoms with Gasteiger partial charge in [-0.1, -0.05) is 93.3 Å². The van der Waals surface area contributed by atoms with Crippen molar-refractivity contribution in [3.8, 4) is 16.9 Å². The lowest BCUT2D eigenvalue weighted by Gasteiger charge is -2.26. The van der Waals surface area contributed by atoms with E-state index < -0.39 is 10.0 Å². The Kier molecular flexibility index (Phi) is 9.75. The first-order chi connectivity index (χ1) is 19.9. The van der Waals surface area contributed by atoms with Crippen molar-refractivity contribution in [1.29, 1.82) is 0 Å². The fourth-order valence-corrected chi connectivity index (χ4v) is 8.06. The third-order valence-corrected chi connectivity index (χ3v) is 10.7. The first-order valence-electron chi connectivity index (χ1n) is 14.4. The van der Waals surface area contributed by atoms with Gasteiger partial charge in [-0.3, -0.25) is 9.69 Å². The second kappa shape index (κ2) is 13.5. The number of aromatic nitrogens is 2. The Morgan fingerprint density at radius 2 is 1.73 bits per heavy atom. The van der Waals surface area contributed by atoms with Crippen molar-refractivity contribution in [2.75, 3.05) is 19.6 Å². The van der Waals surface area contributed by atoms with E-state index >= 15 is 0 Å². The fourth-order valence-electron chi connectivity index (χ4n) is 5.20. The molecule has 41 heavy (non-hydrogen) atoms. The van der Waals surface area contributed by atoms with Gasteiger partial charge in [0.05, 0.1) is 15.5 Å². The molecule has 2 saturated heterocycles. The molecule has 0 unspecified atom stereocenters. The molecule has 216 valence electrons. The van der Waals surface area contributed by atoms with Gasteiger partial charge in [0.2, 0.25) is 10.0 Å². The maximum absolute atomic E-state index is 13.4. The number of nitrogens with zero attached hydrogens (tertiary/aromatic N) is 4. The zero-order chi connectivity index (χ0) is 28.8. The van der Waals surface area contributed by atoms with E-state index in [1.54, 1.807) is 32.1 Å². The Balaban J connectivity index is 1.48. The minimum atomic E-state index is -3.61. The maximum atomic E-state index is 13.4. The molecule has 2 fully saturated rings.